The average Bonchev–Trinajstić information content (AvgIpc) is 2.53. The van der Waals surface area contributed by atoms with Gasteiger partial charge in [-0.05, 0) is 47.0 Å². The van der Waals surface area contributed by atoms with E-state index < -0.39 is 5.54 Å². The van der Waals surface area contributed by atoms with Crippen molar-refractivity contribution < 1.29 is 9.53 Å². The molecule has 0 unspecified atom stereocenters. The Morgan fingerprint density at radius 1 is 1.36 bits per heavy atom. The monoisotopic (exact) mass is 428 g/mol. The fourth-order valence-electron chi connectivity index (χ4n) is 2.73. The minimum Gasteiger partial charge on any atom is -0.483 e. The van der Waals surface area contributed by atoms with E-state index in [2.05, 4.69) is 37.9 Å². The normalized spacial score (nSPS) is 16.6. The molecule has 0 heterocycles. The maximum Gasteiger partial charge on any atom is 0.261 e. The Balaban J connectivity index is 2.00. The summed E-state index contributed by atoms with van der Waals surface area (Å²) in [5.74, 6) is 0.442. The predicted molar refractivity (Wildman–Crippen MR) is 91.5 cm³/mol. The molecule has 1 aromatic carbocycles. The molecule has 1 aliphatic carbocycles. The molecule has 0 saturated heterocycles. The van der Waals surface area contributed by atoms with Gasteiger partial charge in [-0.15, -0.1) is 0 Å². The molecule has 0 bridgehead atoms. The minimum atomic E-state index is -0.671. The van der Waals surface area contributed by atoms with Crippen LogP contribution in [0.1, 0.15) is 32.1 Å². The molecule has 6 heteroatoms. The predicted octanol–water partition coefficient (Wildman–Crippen LogP) is 4.28. The second kappa shape index (κ2) is 7.47. The Kier molecular flexibility index (Phi) is 5.87. The van der Waals surface area contributed by atoms with E-state index in [0.717, 1.165) is 41.0 Å². The number of ether oxygens (including phenoxy) is 1. The molecule has 0 N–H and O–H groups in total. The summed E-state index contributed by atoms with van der Waals surface area (Å²) in [6.45, 7) is -0.0693. The molecule has 0 aliphatic heterocycles. The zero-order valence-corrected chi connectivity index (χ0v) is 15.6. The van der Waals surface area contributed by atoms with Crippen molar-refractivity contribution in [3.05, 3.63) is 27.1 Å². The molecule has 4 nitrogen and oxygen atoms in total. The van der Waals surface area contributed by atoms with Crippen molar-refractivity contribution in [2.75, 3.05) is 13.7 Å². The number of carbonyl (C=O) groups is 1. The Morgan fingerprint density at radius 3 is 2.64 bits per heavy atom. The van der Waals surface area contributed by atoms with E-state index in [1.807, 2.05) is 12.1 Å². The number of likely N-dealkylation sites (N-methyl/N-ethyl adjacent to an activating group) is 1. The van der Waals surface area contributed by atoms with Crippen LogP contribution in [0.4, 0.5) is 0 Å². The number of hydrogen-bond donors (Lipinski definition) is 0. The van der Waals surface area contributed by atoms with Crippen molar-refractivity contribution in [3.8, 4) is 11.8 Å². The van der Waals surface area contributed by atoms with E-state index >= 15 is 0 Å². The van der Waals surface area contributed by atoms with Crippen molar-refractivity contribution >= 4 is 37.8 Å². The molecule has 0 atom stereocenters. The summed E-state index contributed by atoms with van der Waals surface area (Å²) in [5, 5.41) is 9.52. The van der Waals surface area contributed by atoms with Gasteiger partial charge in [0, 0.05) is 11.5 Å². The lowest BCUT2D eigenvalue weighted by Crippen LogP contribution is -2.51. The molecule has 118 valence electrons. The quantitative estimate of drug-likeness (QED) is 0.717. The highest BCUT2D eigenvalue weighted by molar-refractivity contribution is 9.11. The third-order valence-electron chi connectivity index (χ3n) is 4.15. The summed E-state index contributed by atoms with van der Waals surface area (Å²) in [7, 11) is 1.71. The van der Waals surface area contributed by atoms with Gasteiger partial charge in [0.2, 0.25) is 0 Å². The van der Waals surface area contributed by atoms with Crippen LogP contribution in [0.15, 0.2) is 27.1 Å². The second-order valence-corrected chi connectivity index (χ2v) is 7.29. The van der Waals surface area contributed by atoms with Crippen molar-refractivity contribution in [2.24, 2.45) is 0 Å². The molecule has 1 aromatic rings. The van der Waals surface area contributed by atoms with E-state index in [4.69, 9.17) is 4.74 Å². The number of amides is 1. The van der Waals surface area contributed by atoms with Crippen molar-refractivity contribution in [2.45, 2.75) is 37.6 Å². The van der Waals surface area contributed by atoms with Crippen molar-refractivity contribution in [1.82, 2.24) is 4.90 Å². The summed E-state index contributed by atoms with van der Waals surface area (Å²) in [6, 6.07) is 7.86. The van der Waals surface area contributed by atoms with Gasteiger partial charge in [0.05, 0.1) is 10.5 Å². The summed E-state index contributed by atoms with van der Waals surface area (Å²) < 4.78 is 7.30. The largest absolute Gasteiger partial charge is 0.483 e. The lowest BCUT2D eigenvalue weighted by atomic mass is 9.81. The highest BCUT2D eigenvalue weighted by atomic mass is 79.9. The number of halogens is 2. The van der Waals surface area contributed by atoms with Gasteiger partial charge >= 0.3 is 0 Å². The number of nitrogens with zero attached hydrogens (tertiary/aromatic N) is 2. The average molecular weight is 430 g/mol. The molecule has 1 saturated carbocycles. The fourth-order valence-corrected chi connectivity index (χ4v) is 3.89. The first kappa shape index (κ1) is 17.3. The number of carbonyl (C=O) groups excluding carboxylic acids is 1. The zero-order chi connectivity index (χ0) is 16.2. The van der Waals surface area contributed by atoms with E-state index in [1.165, 1.54) is 0 Å². The molecule has 0 radical (unpaired) electrons. The van der Waals surface area contributed by atoms with Crippen LogP contribution < -0.4 is 4.74 Å². The van der Waals surface area contributed by atoms with Gasteiger partial charge in [-0.3, -0.25) is 4.79 Å². The van der Waals surface area contributed by atoms with E-state index in [0.29, 0.717) is 5.75 Å². The van der Waals surface area contributed by atoms with Crippen LogP contribution in [0, 0.1) is 11.3 Å². The van der Waals surface area contributed by atoms with Gasteiger partial charge in [0.25, 0.3) is 5.91 Å². The van der Waals surface area contributed by atoms with Gasteiger partial charge in [0.15, 0.2) is 6.61 Å². The molecule has 22 heavy (non-hydrogen) atoms. The Labute approximate surface area is 147 Å². The summed E-state index contributed by atoms with van der Waals surface area (Å²) >= 11 is 6.77. The van der Waals surface area contributed by atoms with E-state index in [9.17, 15) is 10.1 Å². The third kappa shape index (κ3) is 3.82. The lowest BCUT2D eigenvalue weighted by Gasteiger charge is -2.38. The maximum atomic E-state index is 12.4. The third-order valence-corrected chi connectivity index (χ3v) is 5.26. The minimum absolute atomic E-state index is 0.0693. The van der Waals surface area contributed by atoms with Gasteiger partial charge in [0.1, 0.15) is 11.3 Å². The smallest absolute Gasteiger partial charge is 0.261 e. The number of rotatable bonds is 4. The Bertz CT molecular complexity index is 592. The van der Waals surface area contributed by atoms with Gasteiger partial charge in [-0.1, -0.05) is 35.2 Å². The van der Waals surface area contributed by atoms with Crippen molar-refractivity contribution in [1.29, 1.82) is 5.26 Å². The van der Waals surface area contributed by atoms with Gasteiger partial charge in [-0.25, -0.2) is 0 Å². The number of hydrogen-bond acceptors (Lipinski definition) is 3. The van der Waals surface area contributed by atoms with Crippen molar-refractivity contribution in [3.63, 3.8) is 0 Å². The highest BCUT2D eigenvalue weighted by Crippen LogP contribution is 2.33. The first-order valence-electron chi connectivity index (χ1n) is 7.24. The molecule has 1 amide bonds. The summed E-state index contributed by atoms with van der Waals surface area (Å²) in [4.78, 5) is 14.0. The van der Waals surface area contributed by atoms with Gasteiger partial charge < -0.3 is 9.64 Å². The standard InChI is InChI=1S/C16H18Br2N2O2/c1-20(16(11-19)7-3-2-4-8-16)15(21)10-22-14-6-5-12(17)9-13(14)18/h5-6,9H,2-4,7-8,10H2,1H3. The zero-order valence-electron chi connectivity index (χ0n) is 12.4. The second-order valence-electron chi connectivity index (χ2n) is 5.52. The summed E-state index contributed by atoms with van der Waals surface area (Å²) in [5.41, 5.74) is -0.671. The number of nitriles is 1. The first-order valence-corrected chi connectivity index (χ1v) is 8.83. The SMILES string of the molecule is CN(C(=O)COc1ccc(Br)cc1Br)C1(C#N)CCCCC1. The van der Waals surface area contributed by atoms with Crippen LogP contribution in [-0.2, 0) is 4.79 Å². The van der Waals surface area contributed by atoms with E-state index in [1.54, 1.807) is 18.0 Å². The van der Waals surface area contributed by atoms with Crippen LogP contribution in [0.3, 0.4) is 0 Å². The number of benzene rings is 1. The van der Waals surface area contributed by atoms with Crippen LogP contribution in [0.2, 0.25) is 0 Å². The molecule has 1 fully saturated rings. The lowest BCUT2D eigenvalue weighted by molar-refractivity contribution is -0.137. The van der Waals surface area contributed by atoms with Crippen LogP contribution >= 0.6 is 31.9 Å². The maximum absolute atomic E-state index is 12.4. The first-order chi connectivity index (χ1) is 10.5. The van der Waals surface area contributed by atoms with Crippen LogP contribution in [0.25, 0.3) is 0 Å². The van der Waals surface area contributed by atoms with Gasteiger partial charge in [-0.2, -0.15) is 5.26 Å². The van der Waals surface area contributed by atoms with Crippen LogP contribution in [0.5, 0.6) is 5.75 Å². The molecule has 2 rings (SSSR count). The molecule has 0 spiro atoms. The van der Waals surface area contributed by atoms with E-state index in [-0.39, 0.29) is 12.5 Å². The Hall–Kier alpha value is -1.06. The fraction of sp³-hybridized carbons (Fsp3) is 0.500. The molecule has 1 aliphatic rings. The van der Waals surface area contributed by atoms with Crippen LogP contribution in [-0.4, -0.2) is 30.0 Å². The topological polar surface area (TPSA) is 53.3 Å². The Morgan fingerprint density at radius 2 is 2.05 bits per heavy atom. The highest BCUT2D eigenvalue weighted by Gasteiger charge is 2.38. The molecular formula is C16H18Br2N2O2. The molecular weight excluding hydrogens is 412 g/mol. The molecule has 0 aromatic heterocycles. The summed E-state index contributed by atoms with van der Waals surface area (Å²) in [6.07, 6.45) is 4.60.